The van der Waals surface area contributed by atoms with E-state index < -0.39 is 17.7 Å². The molecule has 0 spiro atoms. The molecule has 1 heterocycles. The van der Waals surface area contributed by atoms with Crippen LogP contribution in [-0.2, 0) is 9.59 Å². The van der Waals surface area contributed by atoms with Crippen molar-refractivity contribution in [1.82, 2.24) is 9.80 Å². The van der Waals surface area contributed by atoms with Crippen LogP contribution in [0, 0.1) is 6.92 Å². The largest absolute Gasteiger partial charge is 0.507 e. The number of ketones is 1. The first-order chi connectivity index (χ1) is 14.3. The molecule has 1 unspecified atom stereocenters. The lowest BCUT2D eigenvalue weighted by molar-refractivity contribution is -0.140. The Hall–Kier alpha value is -2.64. The number of aliphatic hydroxyl groups excluding tert-OH is 1. The predicted octanol–water partition coefficient (Wildman–Crippen LogP) is 3.75. The third-order valence-electron chi connectivity index (χ3n) is 5.24. The Bertz CT molecular complexity index is 1020. The van der Waals surface area contributed by atoms with E-state index >= 15 is 0 Å². The molecule has 158 valence electrons. The minimum atomic E-state index is -0.675. The number of aliphatic hydroxyl groups is 1. The molecular weight excluding hydrogens is 448 g/mol. The molecule has 0 aliphatic carbocycles. The van der Waals surface area contributed by atoms with Crippen LogP contribution in [0.25, 0.3) is 5.76 Å². The fraction of sp³-hybridized carbons (Fsp3) is 0.304. The van der Waals surface area contributed by atoms with Crippen LogP contribution in [0.4, 0.5) is 0 Å². The number of methoxy groups -OCH3 is 1. The van der Waals surface area contributed by atoms with Crippen molar-refractivity contribution in [3.05, 3.63) is 69.2 Å². The average Bonchev–Trinajstić information content (AvgIpc) is 2.96. The van der Waals surface area contributed by atoms with Gasteiger partial charge in [0.15, 0.2) is 0 Å². The van der Waals surface area contributed by atoms with Crippen molar-refractivity contribution >= 4 is 33.4 Å². The summed E-state index contributed by atoms with van der Waals surface area (Å²) in [6.45, 7) is 2.91. The van der Waals surface area contributed by atoms with E-state index in [0.29, 0.717) is 28.9 Å². The minimum Gasteiger partial charge on any atom is -0.507 e. The van der Waals surface area contributed by atoms with Gasteiger partial charge in [0.05, 0.1) is 23.2 Å². The van der Waals surface area contributed by atoms with Crippen LogP contribution in [0.3, 0.4) is 0 Å². The van der Waals surface area contributed by atoms with Crippen molar-refractivity contribution in [3.8, 4) is 5.75 Å². The Kier molecular flexibility index (Phi) is 6.63. The molecule has 1 saturated heterocycles. The molecule has 2 aromatic carbocycles. The first-order valence-electron chi connectivity index (χ1n) is 9.58. The van der Waals surface area contributed by atoms with Gasteiger partial charge in [0.1, 0.15) is 11.5 Å². The maximum Gasteiger partial charge on any atom is 0.295 e. The zero-order valence-corrected chi connectivity index (χ0v) is 19.1. The number of Topliss-reactive ketones (excluding diaryl/α,β-unsaturated/α-hetero) is 1. The van der Waals surface area contributed by atoms with Gasteiger partial charge in [0.2, 0.25) is 0 Å². The molecule has 1 atom stereocenters. The Labute approximate surface area is 184 Å². The van der Waals surface area contributed by atoms with E-state index in [1.807, 2.05) is 50.2 Å². The summed E-state index contributed by atoms with van der Waals surface area (Å²) in [5.74, 6) is -0.864. The number of hydrogen-bond acceptors (Lipinski definition) is 5. The Morgan fingerprint density at radius 1 is 1.20 bits per heavy atom. The van der Waals surface area contributed by atoms with E-state index in [2.05, 4.69) is 15.9 Å². The van der Waals surface area contributed by atoms with E-state index in [1.54, 1.807) is 30.2 Å². The van der Waals surface area contributed by atoms with E-state index in [1.165, 1.54) is 0 Å². The Morgan fingerprint density at radius 3 is 2.50 bits per heavy atom. The highest BCUT2D eigenvalue weighted by Crippen LogP contribution is 2.41. The van der Waals surface area contributed by atoms with E-state index in [-0.39, 0.29) is 11.3 Å². The van der Waals surface area contributed by atoms with Gasteiger partial charge in [0.25, 0.3) is 11.7 Å². The summed E-state index contributed by atoms with van der Waals surface area (Å²) < 4.78 is 5.88. The van der Waals surface area contributed by atoms with Crippen LogP contribution in [-0.4, -0.2) is 60.9 Å². The maximum absolute atomic E-state index is 13.0. The van der Waals surface area contributed by atoms with Crippen molar-refractivity contribution < 1.29 is 19.4 Å². The third kappa shape index (κ3) is 4.13. The van der Waals surface area contributed by atoms with Gasteiger partial charge in [0, 0.05) is 18.7 Å². The van der Waals surface area contributed by atoms with Gasteiger partial charge in [-0.05, 0) is 66.3 Å². The number of nitrogens with zero attached hydrogens (tertiary/aromatic N) is 2. The van der Waals surface area contributed by atoms with E-state index in [9.17, 15) is 14.7 Å². The summed E-state index contributed by atoms with van der Waals surface area (Å²) in [6.07, 6.45) is 0. The molecule has 0 bridgehead atoms. The summed E-state index contributed by atoms with van der Waals surface area (Å²) in [6, 6.07) is 12.0. The van der Waals surface area contributed by atoms with Crippen molar-refractivity contribution in [2.24, 2.45) is 0 Å². The number of likely N-dealkylation sites (N-methyl/N-ethyl adjacent to an activating group) is 1. The molecule has 1 aliphatic rings. The minimum absolute atomic E-state index is 0.102. The lowest BCUT2D eigenvalue weighted by Crippen LogP contribution is -2.35. The molecule has 2 aromatic rings. The second kappa shape index (κ2) is 9.02. The number of benzene rings is 2. The van der Waals surface area contributed by atoms with Crippen molar-refractivity contribution in [1.29, 1.82) is 0 Å². The molecule has 30 heavy (non-hydrogen) atoms. The highest BCUT2D eigenvalue weighted by molar-refractivity contribution is 9.10. The first kappa shape index (κ1) is 22.1. The normalized spacial score (nSPS) is 18.3. The van der Waals surface area contributed by atoms with Crippen LogP contribution >= 0.6 is 15.9 Å². The molecule has 1 fully saturated rings. The standard InChI is InChI=1S/C23H25BrN2O4/c1-14-7-5-6-8-16(14)20-19(22(28)23(29)26(20)12-11-25(2)3)21(27)15-9-10-18(30-4)17(24)13-15/h5-10,13,20,27H,11-12H2,1-4H3/b21-19+. The van der Waals surface area contributed by atoms with Crippen LogP contribution in [0.1, 0.15) is 22.7 Å². The topological polar surface area (TPSA) is 70.1 Å². The Morgan fingerprint density at radius 2 is 1.90 bits per heavy atom. The van der Waals surface area contributed by atoms with Crippen LogP contribution in [0.15, 0.2) is 52.5 Å². The van der Waals surface area contributed by atoms with Crippen LogP contribution in [0.5, 0.6) is 5.75 Å². The first-order valence-corrected chi connectivity index (χ1v) is 10.4. The monoisotopic (exact) mass is 472 g/mol. The summed E-state index contributed by atoms with van der Waals surface area (Å²) in [7, 11) is 5.37. The highest BCUT2D eigenvalue weighted by atomic mass is 79.9. The number of carbonyl (C=O) groups is 2. The van der Waals surface area contributed by atoms with E-state index in [0.717, 1.165) is 11.1 Å². The van der Waals surface area contributed by atoms with Gasteiger partial charge in [-0.1, -0.05) is 24.3 Å². The quantitative estimate of drug-likeness (QED) is 0.393. The lowest BCUT2D eigenvalue weighted by Gasteiger charge is -2.27. The molecular formula is C23H25BrN2O4. The fourth-order valence-corrected chi connectivity index (χ4v) is 4.15. The van der Waals surface area contributed by atoms with E-state index in [4.69, 9.17) is 4.74 Å². The fourth-order valence-electron chi connectivity index (χ4n) is 3.60. The number of likely N-dealkylation sites (tertiary alicyclic amines) is 1. The van der Waals surface area contributed by atoms with Gasteiger partial charge in [-0.2, -0.15) is 0 Å². The Balaban J connectivity index is 2.18. The predicted molar refractivity (Wildman–Crippen MR) is 119 cm³/mol. The summed E-state index contributed by atoms with van der Waals surface area (Å²) in [5, 5.41) is 11.1. The lowest BCUT2D eigenvalue weighted by atomic mass is 9.92. The second-order valence-electron chi connectivity index (χ2n) is 7.50. The number of carbonyl (C=O) groups excluding carboxylic acids is 2. The zero-order chi connectivity index (χ0) is 22.0. The molecule has 0 radical (unpaired) electrons. The molecule has 1 amide bonds. The zero-order valence-electron chi connectivity index (χ0n) is 17.5. The van der Waals surface area contributed by atoms with Gasteiger partial charge in [-0.15, -0.1) is 0 Å². The van der Waals surface area contributed by atoms with Gasteiger partial charge in [-0.3, -0.25) is 9.59 Å². The average molecular weight is 473 g/mol. The van der Waals surface area contributed by atoms with Crippen molar-refractivity contribution in [2.45, 2.75) is 13.0 Å². The van der Waals surface area contributed by atoms with Crippen LogP contribution in [0.2, 0.25) is 0 Å². The van der Waals surface area contributed by atoms with Gasteiger partial charge in [-0.25, -0.2) is 0 Å². The smallest absolute Gasteiger partial charge is 0.295 e. The molecule has 0 aromatic heterocycles. The number of aryl methyl sites for hydroxylation is 1. The highest BCUT2D eigenvalue weighted by Gasteiger charge is 2.46. The number of hydrogen-bond donors (Lipinski definition) is 1. The second-order valence-corrected chi connectivity index (χ2v) is 8.36. The molecule has 1 N–H and O–H groups in total. The molecule has 7 heteroatoms. The number of halogens is 1. The maximum atomic E-state index is 13.0. The third-order valence-corrected chi connectivity index (χ3v) is 5.86. The number of ether oxygens (including phenoxy) is 1. The van der Waals surface area contributed by atoms with Crippen molar-refractivity contribution in [2.75, 3.05) is 34.3 Å². The number of rotatable bonds is 6. The SMILES string of the molecule is COc1ccc(/C(O)=C2\C(=O)C(=O)N(CCN(C)C)C2c2ccccc2C)cc1Br. The molecule has 0 saturated carbocycles. The summed E-state index contributed by atoms with van der Waals surface area (Å²) >= 11 is 3.41. The number of amides is 1. The van der Waals surface area contributed by atoms with Gasteiger partial charge >= 0.3 is 0 Å². The van der Waals surface area contributed by atoms with Crippen LogP contribution < -0.4 is 4.74 Å². The van der Waals surface area contributed by atoms with Gasteiger partial charge < -0.3 is 19.6 Å². The molecule has 1 aliphatic heterocycles. The van der Waals surface area contributed by atoms with Crippen molar-refractivity contribution in [3.63, 3.8) is 0 Å². The summed E-state index contributed by atoms with van der Waals surface area (Å²) in [4.78, 5) is 29.4. The molecule has 6 nitrogen and oxygen atoms in total. The summed E-state index contributed by atoms with van der Waals surface area (Å²) in [5.41, 5.74) is 2.31. The molecule has 3 rings (SSSR count).